The van der Waals surface area contributed by atoms with Gasteiger partial charge in [-0.2, -0.15) is 5.26 Å². The number of hydrogen-bond acceptors (Lipinski definition) is 10. The van der Waals surface area contributed by atoms with Crippen LogP contribution in [0.15, 0.2) is 69.4 Å². The first-order chi connectivity index (χ1) is 22.4. The molecule has 1 heterocycles. The number of halogens is 1. The molecule has 0 saturated heterocycles. The predicted molar refractivity (Wildman–Crippen MR) is 173 cm³/mol. The molecule has 4 saturated carbocycles. The van der Waals surface area contributed by atoms with E-state index in [0.29, 0.717) is 30.7 Å². The first-order valence-corrected chi connectivity index (χ1v) is 17.0. The minimum absolute atomic E-state index is 0.00116. The van der Waals surface area contributed by atoms with Crippen LogP contribution in [-0.2, 0) is 16.1 Å². The molecule has 0 aliphatic heterocycles. The van der Waals surface area contributed by atoms with Gasteiger partial charge in [-0.1, -0.05) is 31.2 Å². The van der Waals surface area contributed by atoms with Crippen LogP contribution < -0.4 is 5.73 Å². The van der Waals surface area contributed by atoms with E-state index in [1.165, 1.54) is 30.0 Å². The zero-order valence-corrected chi connectivity index (χ0v) is 27.2. The second kappa shape index (κ2) is 10.9. The minimum Gasteiger partial charge on any atom is -0.457 e. The Bertz CT molecular complexity index is 1800. The third-order valence-electron chi connectivity index (χ3n) is 12.6. The van der Waals surface area contributed by atoms with Crippen LogP contribution in [-0.4, -0.2) is 44.5 Å². The SMILES string of the molecule is C[C@]12CC(=CN)C(=Nc3ccc(F)c(CO)c3)C=C1CC[C@]13CC12[C@@H](O)C[C@@]1(C)C3CC[C@]1(OC(=O)c1ccco1)C(=O)SCC#N. The highest BCUT2D eigenvalue weighted by molar-refractivity contribution is 8.14. The van der Waals surface area contributed by atoms with Crippen molar-refractivity contribution in [1.82, 2.24) is 0 Å². The molecule has 0 amide bonds. The highest BCUT2D eigenvalue weighted by Crippen LogP contribution is 2.90. The van der Waals surface area contributed by atoms with Crippen LogP contribution in [0.1, 0.15) is 74.9 Å². The van der Waals surface area contributed by atoms with Gasteiger partial charge in [0.1, 0.15) is 5.82 Å². The lowest BCUT2D eigenvalue weighted by Crippen LogP contribution is -2.62. The standard InChI is InChI=1S/C36H38FN3O6S/c1-32-16-22(18-39)26(40-24-5-6-25(37)21(14-24)19-41)15-23(32)7-9-34-20-35(32,34)29(42)17-33(2)28(34)8-10-36(33,31(44)47-13-11-38)46-30(43)27-4-3-12-45-27/h3-6,12,14-15,18,28-29,41-42H,7-10,13,16-17,19-20,39H2,1-2H3/t28?,29-,32-,33-,34+,35?,36-/m0/s1. The van der Waals surface area contributed by atoms with Crippen LogP contribution >= 0.6 is 11.8 Å². The molecule has 5 aliphatic rings. The number of aliphatic hydroxyl groups is 2. The summed E-state index contributed by atoms with van der Waals surface area (Å²) < 4.78 is 25.6. The van der Waals surface area contributed by atoms with E-state index in [1.54, 1.807) is 18.3 Å². The Labute approximate surface area is 276 Å². The van der Waals surface area contributed by atoms with E-state index in [-0.39, 0.29) is 39.9 Å². The van der Waals surface area contributed by atoms with Crippen LogP contribution in [0.5, 0.6) is 0 Å². The second-order valence-electron chi connectivity index (χ2n) is 14.3. The maximum atomic E-state index is 14.1. The number of benzene rings is 1. The Morgan fingerprint density at radius 1 is 1.30 bits per heavy atom. The largest absolute Gasteiger partial charge is 0.457 e. The normalized spacial score (nSPS) is 38.4. The molecule has 5 aliphatic carbocycles. The van der Waals surface area contributed by atoms with Gasteiger partial charge >= 0.3 is 5.97 Å². The molecule has 2 aromatic rings. The van der Waals surface area contributed by atoms with Crippen LogP contribution in [0.25, 0.3) is 0 Å². The van der Waals surface area contributed by atoms with Gasteiger partial charge in [-0.15, -0.1) is 0 Å². The number of aliphatic hydroxyl groups excluding tert-OH is 2. The average molecular weight is 660 g/mol. The lowest BCUT2D eigenvalue weighted by Gasteiger charge is -2.60. The molecule has 1 aromatic heterocycles. The number of nitriles is 1. The van der Waals surface area contributed by atoms with Gasteiger partial charge in [-0.25, -0.2) is 14.2 Å². The summed E-state index contributed by atoms with van der Waals surface area (Å²) in [5.74, 6) is -1.30. The molecule has 7 atom stereocenters. The van der Waals surface area contributed by atoms with Gasteiger partial charge in [0.05, 0.1) is 42.2 Å². The number of ether oxygens (including phenoxy) is 1. The monoisotopic (exact) mass is 659 g/mol. The Morgan fingerprint density at radius 3 is 2.81 bits per heavy atom. The number of allylic oxidation sites excluding steroid dienone is 3. The van der Waals surface area contributed by atoms with Crippen molar-refractivity contribution in [2.45, 2.75) is 77.1 Å². The summed E-state index contributed by atoms with van der Waals surface area (Å²) in [4.78, 5) is 32.2. The molecule has 1 aromatic carbocycles. The molecule has 0 bridgehead atoms. The molecular weight excluding hydrogens is 621 g/mol. The number of carbonyl (C=O) groups excluding carboxylic acids is 2. The van der Waals surface area contributed by atoms with Crippen molar-refractivity contribution in [3.8, 4) is 6.07 Å². The maximum Gasteiger partial charge on any atom is 0.375 e. The Hall–Kier alpha value is -3.72. The van der Waals surface area contributed by atoms with Gasteiger partial charge in [0, 0.05) is 21.8 Å². The van der Waals surface area contributed by atoms with Crippen molar-refractivity contribution in [2.75, 3.05) is 5.75 Å². The fourth-order valence-corrected chi connectivity index (χ4v) is 11.4. The molecule has 47 heavy (non-hydrogen) atoms. The van der Waals surface area contributed by atoms with Gasteiger partial charge in [0.2, 0.25) is 10.9 Å². The van der Waals surface area contributed by atoms with Gasteiger partial charge in [-0.05, 0) is 104 Å². The van der Waals surface area contributed by atoms with Gasteiger partial charge in [0.25, 0.3) is 0 Å². The van der Waals surface area contributed by atoms with E-state index in [9.17, 15) is 29.5 Å². The molecule has 0 radical (unpaired) electrons. The van der Waals surface area contributed by atoms with Crippen LogP contribution in [0.2, 0.25) is 0 Å². The van der Waals surface area contributed by atoms with Crippen LogP contribution in [0, 0.1) is 44.7 Å². The fourth-order valence-electron chi connectivity index (χ4n) is 10.6. The average Bonchev–Trinajstić information content (AvgIpc) is 3.33. The molecule has 2 unspecified atom stereocenters. The second-order valence-corrected chi connectivity index (χ2v) is 15.2. The topological polar surface area (TPSA) is 159 Å². The van der Waals surface area contributed by atoms with Crippen molar-refractivity contribution in [1.29, 1.82) is 5.26 Å². The van der Waals surface area contributed by atoms with Gasteiger partial charge < -0.3 is 25.1 Å². The number of aliphatic imine (C=N–C) groups is 1. The number of fused-ring (bicyclic) bond motifs is 2. The number of furan rings is 1. The van der Waals surface area contributed by atoms with Gasteiger partial charge in [0.15, 0.2) is 5.60 Å². The number of esters is 1. The third kappa shape index (κ3) is 4.17. The number of rotatable bonds is 6. The maximum absolute atomic E-state index is 14.1. The Balaban J connectivity index is 1.27. The number of thioether (sulfide) groups is 1. The fraction of sp³-hybridized carbons (Fsp3) is 0.500. The summed E-state index contributed by atoms with van der Waals surface area (Å²) in [6.45, 7) is 3.76. The molecule has 4 N–H and O–H groups in total. The molecule has 9 nitrogen and oxygen atoms in total. The first kappa shape index (κ1) is 31.9. The Kier molecular flexibility index (Phi) is 7.39. The molecule has 11 heteroatoms. The lowest BCUT2D eigenvalue weighted by molar-refractivity contribution is -0.175. The molecule has 4 fully saturated rings. The van der Waals surface area contributed by atoms with Crippen molar-refractivity contribution in [2.24, 2.45) is 38.3 Å². The minimum atomic E-state index is -1.53. The van der Waals surface area contributed by atoms with Crippen molar-refractivity contribution < 1.29 is 33.3 Å². The Morgan fingerprint density at radius 2 is 2.11 bits per heavy atom. The van der Waals surface area contributed by atoms with E-state index < -0.39 is 46.3 Å². The third-order valence-corrected chi connectivity index (χ3v) is 13.5. The molecule has 246 valence electrons. The lowest BCUT2D eigenvalue weighted by atomic mass is 9.45. The van der Waals surface area contributed by atoms with Crippen LogP contribution in [0.4, 0.5) is 10.1 Å². The van der Waals surface area contributed by atoms with Crippen LogP contribution in [0.3, 0.4) is 0 Å². The number of nitrogens with zero attached hydrogens (tertiary/aromatic N) is 2. The number of hydrogen-bond donors (Lipinski definition) is 3. The summed E-state index contributed by atoms with van der Waals surface area (Å²) in [6, 6.07) is 9.50. The van der Waals surface area contributed by atoms with E-state index in [0.717, 1.165) is 36.6 Å². The predicted octanol–water partition coefficient (Wildman–Crippen LogP) is 5.89. The zero-order valence-electron chi connectivity index (χ0n) is 26.4. The van der Waals surface area contributed by atoms with Crippen molar-refractivity contribution >= 4 is 34.2 Å². The van der Waals surface area contributed by atoms with Crippen molar-refractivity contribution in [3.63, 3.8) is 0 Å². The summed E-state index contributed by atoms with van der Waals surface area (Å²) in [5, 5.41) is 30.9. The molecule has 7 rings (SSSR count). The van der Waals surface area contributed by atoms with E-state index in [1.807, 2.05) is 13.0 Å². The van der Waals surface area contributed by atoms with E-state index >= 15 is 0 Å². The summed E-state index contributed by atoms with van der Waals surface area (Å²) in [5.41, 5.74) is 5.98. The van der Waals surface area contributed by atoms with E-state index in [4.69, 9.17) is 19.9 Å². The smallest absolute Gasteiger partial charge is 0.375 e. The summed E-state index contributed by atoms with van der Waals surface area (Å²) in [6.07, 6.45) is 8.30. The highest BCUT2D eigenvalue weighted by atomic mass is 32.2. The molecular formula is C36H38FN3O6S. The first-order valence-electron chi connectivity index (χ1n) is 16.0. The van der Waals surface area contributed by atoms with E-state index in [2.05, 4.69) is 13.0 Å². The highest BCUT2D eigenvalue weighted by Gasteiger charge is 2.88. The molecule has 0 spiro atoms. The zero-order chi connectivity index (χ0) is 33.4. The summed E-state index contributed by atoms with van der Waals surface area (Å²) in [7, 11) is 0. The summed E-state index contributed by atoms with van der Waals surface area (Å²) >= 11 is 0.864. The van der Waals surface area contributed by atoms with Gasteiger partial charge in [-0.3, -0.25) is 4.79 Å². The number of carbonyl (C=O) groups is 2. The van der Waals surface area contributed by atoms with Crippen molar-refractivity contribution in [3.05, 3.63) is 77.2 Å². The number of nitrogens with two attached hydrogens (primary N) is 1. The quantitative estimate of drug-likeness (QED) is 0.321.